The molecule has 1 fully saturated rings. The van der Waals surface area contributed by atoms with Crippen molar-refractivity contribution in [1.29, 1.82) is 0 Å². The molecular formula is C12H22N2O2. The fraction of sp³-hybridized carbons (Fsp3) is 0.833. The van der Waals surface area contributed by atoms with Crippen molar-refractivity contribution >= 4 is 11.8 Å². The van der Waals surface area contributed by atoms with Gasteiger partial charge in [0.05, 0.1) is 6.54 Å². The summed E-state index contributed by atoms with van der Waals surface area (Å²) in [6, 6.07) is -0.155. The summed E-state index contributed by atoms with van der Waals surface area (Å²) in [5, 5.41) is 2.60. The van der Waals surface area contributed by atoms with Crippen molar-refractivity contribution < 1.29 is 9.59 Å². The molecule has 1 heterocycles. The molecule has 1 aliphatic heterocycles. The fourth-order valence-electron chi connectivity index (χ4n) is 2.20. The van der Waals surface area contributed by atoms with Gasteiger partial charge in [0, 0.05) is 6.04 Å². The van der Waals surface area contributed by atoms with Gasteiger partial charge in [0.1, 0.15) is 6.04 Å². The third-order valence-electron chi connectivity index (χ3n) is 3.20. The van der Waals surface area contributed by atoms with Gasteiger partial charge in [-0.1, -0.05) is 26.2 Å². The zero-order valence-corrected chi connectivity index (χ0v) is 10.5. The van der Waals surface area contributed by atoms with Crippen LogP contribution in [-0.2, 0) is 9.59 Å². The average Bonchev–Trinajstić information content (AvgIpc) is 2.24. The predicted octanol–water partition coefficient (Wildman–Crippen LogP) is 1.30. The molecule has 4 nitrogen and oxygen atoms in total. The molecule has 0 spiro atoms. The normalized spacial score (nSPS) is 23.2. The minimum absolute atomic E-state index is 0.0381. The minimum Gasteiger partial charge on any atom is -0.345 e. The summed E-state index contributed by atoms with van der Waals surface area (Å²) in [6.45, 7) is 6.14. The van der Waals surface area contributed by atoms with Gasteiger partial charge in [-0.25, -0.2) is 0 Å². The first-order valence-electron chi connectivity index (χ1n) is 6.16. The molecule has 0 saturated carbocycles. The standard InChI is InChI=1S/C12H22N2O2/c1-4-5-6-7-9(2)14-10(3)12(16)13-8-11(14)15/h9-10H,4-8H2,1-3H3,(H,13,16). The molecule has 1 N–H and O–H groups in total. The van der Waals surface area contributed by atoms with Crippen LogP contribution in [0.5, 0.6) is 0 Å². The van der Waals surface area contributed by atoms with E-state index in [1.807, 2.05) is 6.92 Å². The molecule has 1 aliphatic rings. The second-order valence-electron chi connectivity index (χ2n) is 4.54. The lowest BCUT2D eigenvalue weighted by Gasteiger charge is -2.37. The largest absolute Gasteiger partial charge is 0.345 e. The summed E-state index contributed by atoms with van der Waals surface area (Å²) in [6.07, 6.45) is 4.47. The van der Waals surface area contributed by atoms with E-state index in [4.69, 9.17) is 0 Å². The van der Waals surface area contributed by atoms with E-state index in [1.54, 1.807) is 11.8 Å². The monoisotopic (exact) mass is 226 g/mol. The molecule has 2 unspecified atom stereocenters. The van der Waals surface area contributed by atoms with Crippen molar-refractivity contribution in [2.24, 2.45) is 0 Å². The topological polar surface area (TPSA) is 49.4 Å². The van der Waals surface area contributed by atoms with Crippen molar-refractivity contribution in [2.75, 3.05) is 6.54 Å². The highest BCUT2D eigenvalue weighted by molar-refractivity contribution is 5.94. The molecule has 0 bridgehead atoms. The number of nitrogens with one attached hydrogen (secondary N) is 1. The lowest BCUT2D eigenvalue weighted by molar-refractivity contribution is -0.147. The van der Waals surface area contributed by atoms with Gasteiger partial charge in [0.2, 0.25) is 11.8 Å². The smallest absolute Gasteiger partial charge is 0.242 e. The SMILES string of the molecule is CCCCCC(C)N1C(=O)CNC(=O)C1C. The maximum Gasteiger partial charge on any atom is 0.242 e. The Kier molecular flexibility index (Phi) is 4.77. The summed E-state index contributed by atoms with van der Waals surface area (Å²) in [5.74, 6) is -0.00181. The molecule has 0 aromatic heterocycles. The van der Waals surface area contributed by atoms with Gasteiger partial charge < -0.3 is 10.2 Å². The van der Waals surface area contributed by atoms with Crippen molar-refractivity contribution in [3.63, 3.8) is 0 Å². The molecule has 0 radical (unpaired) electrons. The first kappa shape index (κ1) is 13.0. The molecule has 92 valence electrons. The number of nitrogens with zero attached hydrogens (tertiary/aromatic N) is 1. The van der Waals surface area contributed by atoms with Crippen LogP contribution in [0.2, 0.25) is 0 Å². The van der Waals surface area contributed by atoms with Crippen LogP contribution in [0, 0.1) is 0 Å². The first-order valence-corrected chi connectivity index (χ1v) is 6.16. The molecule has 2 atom stereocenters. The lowest BCUT2D eigenvalue weighted by Crippen LogP contribution is -2.59. The Morgan fingerprint density at radius 1 is 1.44 bits per heavy atom. The van der Waals surface area contributed by atoms with E-state index in [9.17, 15) is 9.59 Å². The number of unbranched alkanes of at least 4 members (excludes halogenated alkanes) is 2. The fourth-order valence-corrected chi connectivity index (χ4v) is 2.20. The number of hydrogen-bond acceptors (Lipinski definition) is 2. The van der Waals surface area contributed by atoms with Crippen molar-refractivity contribution in [3.8, 4) is 0 Å². The molecular weight excluding hydrogens is 204 g/mol. The summed E-state index contributed by atoms with van der Waals surface area (Å²) >= 11 is 0. The zero-order valence-electron chi connectivity index (χ0n) is 10.5. The summed E-state index contributed by atoms with van der Waals surface area (Å²) in [5.41, 5.74) is 0. The second kappa shape index (κ2) is 5.87. The number of carbonyl (C=O) groups excluding carboxylic acids is 2. The minimum atomic E-state index is -0.321. The van der Waals surface area contributed by atoms with Gasteiger partial charge >= 0.3 is 0 Å². The zero-order chi connectivity index (χ0) is 12.1. The summed E-state index contributed by atoms with van der Waals surface area (Å²) in [7, 11) is 0. The van der Waals surface area contributed by atoms with Crippen LogP contribution in [-0.4, -0.2) is 35.3 Å². The molecule has 1 rings (SSSR count). The van der Waals surface area contributed by atoms with Gasteiger partial charge in [-0.3, -0.25) is 9.59 Å². The average molecular weight is 226 g/mol. The van der Waals surface area contributed by atoms with E-state index in [2.05, 4.69) is 12.2 Å². The second-order valence-corrected chi connectivity index (χ2v) is 4.54. The van der Waals surface area contributed by atoms with Crippen LogP contribution in [0.3, 0.4) is 0 Å². The Labute approximate surface area is 97.4 Å². The lowest BCUT2D eigenvalue weighted by atomic mass is 10.0. The highest BCUT2D eigenvalue weighted by Crippen LogP contribution is 2.15. The van der Waals surface area contributed by atoms with E-state index in [0.29, 0.717) is 0 Å². The van der Waals surface area contributed by atoms with Gasteiger partial charge in [0.15, 0.2) is 0 Å². The van der Waals surface area contributed by atoms with Gasteiger partial charge in [0.25, 0.3) is 0 Å². The number of piperazine rings is 1. The quantitative estimate of drug-likeness (QED) is 0.718. The Morgan fingerprint density at radius 2 is 2.12 bits per heavy atom. The molecule has 2 amide bonds. The predicted molar refractivity (Wildman–Crippen MR) is 62.9 cm³/mol. The van der Waals surface area contributed by atoms with Gasteiger partial charge in [-0.05, 0) is 20.3 Å². The maximum absolute atomic E-state index is 11.7. The van der Waals surface area contributed by atoms with E-state index in [-0.39, 0.29) is 30.4 Å². The van der Waals surface area contributed by atoms with E-state index in [1.165, 1.54) is 12.8 Å². The van der Waals surface area contributed by atoms with E-state index < -0.39 is 0 Å². The first-order chi connectivity index (χ1) is 7.57. The number of rotatable bonds is 5. The van der Waals surface area contributed by atoms with Crippen molar-refractivity contribution in [2.45, 2.75) is 58.5 Å². The number of hydrogen-bond donors (Lipinski definition) is 1. The van der Waals surface area contributed by atoms with Gasteiger partial charge in [-0.2, -0.15) is 0 Å². The van der Waals surface area contributed by atoms with Gasteiger partial charge in [-0.15, -0.1) is 0 Å². The Morgan fingerprint density at radius 3 is 2.75 bits per heavy atom. The van der Waals surface area contributed by atoms with Crippen LogP contribution in [0.25, 0.3) is 0 Å². The van der Waals surface area contributed by atoms with Crippen LogP contribution in [0.4, 0.5) is 0 Å². The summed E-state index contributed by atoms with van der Waals surface area (Å²) < 4.78 is 0. The van der Waals surface area contributed by atoms with Crippen LogP contribution in [0.1, 0.15) is 46.5 Å². The molecule has 1 saturated heterocycles. The number of carbonyl (C=O) groups is 2. The molecule has 0 aromatic rings. The number of amides is 2. The highest BCUT2D eigenvalue weighted by atomic mass is 16.2. The Balaban J connectivity index is 2.54. The van der Waals surface area contributed by atoms with E-state index >= 15 is 0 Å². The summed E-state index contributed by atoms with van der Waals surface area (Å²) in [4.78, 5) is 24.9. The molecule has 16 heavy (non-hydrogen) atoms. The van der Waals surface area contributed by atoms with E-state index in [0.717, 1.165) is 12.8 Å². The maximum atomic E-state index is 11.7. The third-order valence-corrected chi connectivity index (χ3v) is 3.20. The molecule has 0 aliphatic carbocycles. The Bertz CT molecular complexity index is 266. The van der Waals surface area contributed by atoms with Crippen molar-refractivity contribution in [3.05, 3.63) is 0 Å². The van der Waals surface area contributed by atoms with Crippen LogP contribution >= 0.6 is 0 Å². The Hall–Kier alpha value is -1.06. The van der Waals surface area contributed by atoms with Crippen molar-refractivity contribution in [1.82, 2.24) is 10.2 Å². The van der Waals surface area contributed by atoms with Crippen LogP contribution < -0.4 is 5.32 Å². The van der Waals surface area contributed by atoms with Crippen LogP contribution in [0.15, 0.2) is 0 Å². The molecule has 4 heteroatoms. The molecule has 0 aromatic carbocycles. The highest BCUT2D eigenvalue weighted by Gasteiger charge is 2.33. The third kappa shape index (κ3) is 2.97.